The Kier molecular flexibility index (Phi) is 6.28. The summed E-state index contributed by atoms with van der Waals surface area (Å²) in [6.07, 6.45) is -4.82. The van der Waals surface area contributed by atoms with Crippen LogP contribution < -0.4 is 5.32 Å². The second-order valence-electron chi connectivity index (χ2n) is 5.20. The molecule has 0 heterocycles. The number of aldehydes is 1. The second kappa shape index (κ2) is 6.74. The van der Waals surface area contributed by atoms with Gasteiger partial charge in [0.25, 0.3) is 0 Å². The Morgan fingerprint density at radius 3 is 2.26 bits per heavy atom. The molecule has 0 aromatic carbocycles. The van der Waals surface area contributed by atoms with Gasteiger partial charge in [0.15, 0.2) is 0 Å². The first-order chi connectivity index (χ1) is 8.43. The van der Waals surface area contributed by atoms with E-state index in [9.17, 15) is 22.8 Å². The minimum atomic E-state index is -4.35. The molecule has 1 N–H and O–H groups in total. The molecule has 0 aromatic rings. The zero-order valence-corrected chi connectivity index (χ0v) is 11.4. The van der Waals surface area contributed by atoms with Gasteiger partial charge < -0.3 is 14.8 Å². The zero-order valence-electron chi connectivity index (χ0n) is 11.4. The molecule has 112 valence electrons. The van der Waals surface area contributed by atoms with E-state index in [1.807, 2.05) is 0 Å². The Balaban J connectivity index is 4.29. The summed E-state index contributed by atoms with van der Waals surface area (Å²) in [5.74, 6) is 0. The highest BCUT2D eigenvalue weighted by molar-refractivity contribution is 5.73. The minimum Gasteiger partial charge on any atom is -0.444 e. The fraction of sp³-hybridized carbons (Fsp3) is 0.818. The van der Waals surface area contributed by atoms with Crippen molar-refractivity contribution in [1.82, 2.24) is 10.2 Å². The number of carbonyl (C=O) groups is 2. The van der Waals surface area contributed by atoms with Crippen LogP contribution in [0.2, 0.25) is 0 Å². The highest BCUT2D eigenvalue weighted by Gasteiger charge is 2.30. The molecular weight excluding hydrogens is 265 g/mol. The van der Waals surface area contributed by atoms with Gasteiger partial charge in [0.1, 0.15) is 17.9 Å². The van der Waals surface area contributed by atoms with Gasteiger partial charge in [-0.1, -0.05) is 0 Å². The highest BCUT2D eigenvalue weighted by Crippen LogP contribution is 2.15. The number of alkyl carbamates (subject to hydrolysis) is 1. The molecule has 0 spiro atoms. The predicted octanol–water partition coefficient (Wildman–Crippen LogP) is 1.57. The van der Waals surface area contributed by atoms with Gasteiger partial charge in [-0.15, -0.1) is 0 Å². The van der Waals surface area contributed by atoms with E-state index in [4.69, 9.17) is 4.74 Å². The van der Waals surface area contributed by atoms with Crippen molar-refractivity contribution in [1.29, 1.82) is 0 Å². The lowest BCUT2D eigenvalue weighted by molar-refractivity contribution is -0.144. The summed E-state index contributed by atoms with van der Waals surface area (Å²) in [7, 11) is 1.21. The Hall–Kier alpha value is -1.31. The molecule has 19 heavy (non-hydrogen) atoms. The van der Waals surface area contributed by atoms with E-state index >= 15 is 0 Å². The molecule has 0 aromatic heterocycles. The maximum absolute atomic E-state index is 12.1. The molecule has 5 nitrogen and oxygen atoms in total. The van der Waals surface area contributed by atoms with Crippen molar-refractivity contribution in [3.63, 3.8) is 0 Å². The first kappa shape index (κ1) is 17.7. The second-order valence-corrected chi connectivity index (χ2v) is 5.20. The summed E-state index contributed by atoms with van der Waals surface area (Å²) in [6.45, 7) is 3.50. The van der Waals surface area contributed by atoms with Crippen molar-refractivity contribution in [2.24, 2.45) is 0 Å². The van der Waals surface area contributed by atoms with Gasteiger partial charge in [0.2, 0.25) is 0 Å². The number of nitrogens with one attached hydrogen (secondary N) is 1. The van der Waals surface area contributed by atoms with E-state index in [0.717, 1.165) is 4.90 Å². The third-order valence-corrected chi connectivity index (χ3v) is 1.82. The molecule has 0 bridgehead atoms. The first-order valence-electron chi connectivity index (χ1n) is 5.63. The minimum absolute atomic E-state index is 0.248. The average molecular weight is 284 g/mol. The Bertz CT molecular complexity index is 313. The van der Waals surface area contributed by atoms with Crippen molar-refractivity contribution in [3.05, 3.63) is 0 Å². The summed E-state index contributed by atoms with van der Waals surface area (Å²) in [4.78, 5) is 23.0. The van der Waals surface area contributed by atoms with Gasteiger partial charge in [-0.25, -0.2) is 4.79 Å². The molecular formula is C11H19F3N2O3. The average Bonchev–Trinajstić information content (AvgIpc) is 2.10. The van der Waals surface area contributed by atoms with E-state index < -0.39 is 30.5 Å². The SMILES string of the molecule is CN(CC(C=O)NC(=O)OC(C)(C)C)CC(F)(F)F. The summed E-state index contributed by atoms with van der Waals surface area (Å²) in [6, 6.07) is -1.05. The van der Waals surface area contributed by atoms with Crippen molar-refractivity contribution >= 4 is 12.4 Å². The van der Waals surface area contributed by atoms with Crippen LogP contribution in [0.15, 0.2) is 0 Å². The normalized spacial score (nSPS) is 14.1. The van der Waals surface area contributed by atoms with E-state index in [1.54, 1.807) is 20.8 Å². The number of ether oxygens (including phenoxy) is 1. The Labute approximate surface area is 110 Å². The molecule has 0 saturated carbocycles. The first-order valence-corrected chi connectivity index (χ1v) is 5.63. The smallest absolute Gasteiger partial charge is 0.408 e. The number of hydrogen-bond acceptors (Lipinski definition) is 4. The number of rotatable bonds is 5. The number of hydrogen-bond donors (Lipinski definition) is 1. The van der Waals surface area contributed by atoms with Crippen LogP contribution in [0.4, 0.5) is 18.0 Å². The number of amides is 1. The van der Waals surface area contributed by atoms with Crippen LogP contribution in [0.25, 0.3) is 0 Å². The highest BCUT2D eigenvalue weighted by atomic mass is 19.4. The fourth-order valence-electron chi connectivity index (χ4n) is 1.29. The van der Waals surface area contributed by atoms with Crippen LogP contribution in [0.3, 0.4) is 0 Å². The third kappa shape index (κ3) is 10.3. The summed E-state index contributed by atoms with van der Waals surface area (Å²) in [5, 5.41) is 2.20. The van der Waals surface area contributed by atoms with Gasteiger partial charge in [-0.05, 0) is 27.8 Å². The molecule has 1 unspecified atom stereocenters. The van der Waals surface area contributed by atoms with Gasteiger partial charge >= 0.3 is 12.3 Å². The number of halogens is 3. The molecule has 0 saturated heterocycles. The monoisotopic (exact) mass is 284 g/mol. The van der Waals surface area contributed by atoms with Crippen LogP contribution in [-0.4, -0.2) is 55.2 Å². The molecule has 8 heteroatoms. The van der Waals surface area contributed by atoms with Crippen LogP contribution in [0, 0.1) is 0 Å². The standard InChI is InChI=1S/C11H19F3N2O3/c1-10(2,3)19-9(18)15-8(6-17)5-16(4)7-11(12,13)14/h6,8H,5,7H2,1-4H3,(H,15,18). The van der Waals surface area contributed by atoms with Gasteiger partial charge in [0, 0.05) is 6.54 Å². The number of carbonyl (C=O) groups excluding carboxylic acids is 2. The lowest BCUT2D eigenvalue weighted by Crippen LogP contribution is -2.47. The van der Waals surface area contributed by atoms with Crippen LogP contribution >= 0.6 is 0 Å². The largest absolute Gasteiger partial charge is 0.444 e. The van der Waals surface area contributed by atoms with Crippen LogP contribution in [0.5, 0.6) is 0 Å². The lowest BCUT2D eigenvalue weighted by atomic mass is 10.2. The number of alkyl halides is 3. The predicted molar refractivity (Wildman–Crippen MR) is 62.8 cm³/mol. The fourth-order valence-corrected chi connectivity index (χ4v) is 1.29. The van der Waals surface area contributed by atoms with Crippen molar-refractivity contribution < 1.29 is 27.5 Å². The van der Waals surface area contributed by atoms with Crippen molar-refractivity contribution in [2.75, 3.05) is 20.1 Å². The maximum atomic E-state index is 12.1. The van der Waals surface area contributed by atoms with Crippen LogP contribution in [-0.2, 0) is 9.53 Å². The van der Waals surface area contributed by atoms with Gasteiger partial charge in [-0.3, -0.25) is 4.90 Å². The lowest BCUT2D eigenvalue weighted by Gasteiger charge is -2.24. The van der Waals surface area contributed by atoms with Crippen LogP contribution in [0.1, 0.15) is 20.8 Å². The molecule has 0 aliphatic carbocycles. The quantitative estimate of drug-likeness (QED) is 0.779. The van der Waals surface area contributed by atoms with E-state index in [2.05, 4.69) is 5.32 Å². The van der Waals surface area contributed by atoms with Crippen molar-refractivity contribution in [2.45, 2.75) is 38.6 Å². The summed E-state index contributed by atoms with van der Waals surface area (Å²) >= 11 is 0. The Morgan fingerprint density at radius 2 is 1.89 bits per heavy atom. The molecule has 0 radical (unpaired) electrons. The van der Waals surface area contributed by atoms with E-state index in [0.29, 0.717) is 6.29 Å². The zero-order chi connectivity index (χ0) is 15.3. The van der Waals surface area contributed by atoms with Crippen molar-refractivity contribution in [3.8, 4) is 0 Å². The third-order valence-electron chi connectivity index (χ3n) is 1.82. The van der Waals surface area contributed by atoms with E-state index in [-0.39, 0.29) is 6.54 Å². The number of nitrogens with zero attached hydrogens (tertiary/aromatic N) is 1. The molecule has 0 rings (SSSR count). The maximum Gasteiger partial charge on any atom is 0.408 e. The van der Waals surface area contributed by atoms with E-state index in [1.165, 1.54) is 7.05 Å². The summed E-state index contributed by atoms with van der Waals surface area (Å²) < 4.78 is 41.2. The summed E-state index contributed by atoms with van der Waals surface area (Å²) in [5.41, 5.74) is -0.741. The molecule has 0 fully saturated rings. The molecule has 1 atom stereocenters. The molecule has 1 amide bonds. The molecule has 0 aliphatic heterocycles. The van der Waals surface area contributed by atoms with Gasteiger partial charge in [0.05, 0.1) is 6.54 Å². The topological polar surface area (TPSA) is 58.6 Å². The van der Waals surface area contributed by atoms with Gasteiger partial charge in [-0.2, -0.15) is 13.2 Å². The molecule has 0 aliphatic rings. The number of likely N-dealkylation sites (N-methyl/N-ethyl adjacent to an activating group) is 1. The Morgan fingerprint density at radius 1 is 1.37 bits per heavy atom.